The minimum atomic E-state index is -4.21. The van der Waals surface area contributed by atoms with E-state index in [1.54, 1.807) is 19.1 Å². The molecule has 36 heavy (non-hydrogen) atoms. The van der Waals surface area contributed by atoms with E-state index in [4.69, 9.17) is 14.2 Å². The fourth-order valence-electron chi connectivity index (χ4n) is 3.75. The van der Waals surface area contributed by atoms with E-state index in [1.807, 2.05) is 19.1 Å². The van der Waals surface area contributed by atoms with Crippen molar-refractivity contribution in [3.05, 3.63) is 78.1 Å². The van der Waals surface area contributed by atoms with E-state index in [1.165, 1.54) is 30.3 Å². The Labute approximate surface area is 209 Å². The predicted molar refractivity (Wildman–Crippen MR) is 133 cm³/mol. The summed E-state index contributed by atoms with van der Waals surface area (Å²) < 4.78 is 58.2. The number of carbonyl (C=O) groups excluding carboxylic acids is 1. The van der Waals surface area contributed by atoms with Crippen molar-refractivity contribution in [1.29, 1.82) is 0 Å². The number of sulfonamides is 1. The third kappa shape index (κ3) is 5.71. The van der Waals surface area contributed by atoms with E-state index in [-0.39, 0.29) is 16.6 Å². The number of hydrogen-bond donors (Lipinski definition) is 1. The van der Waals surface area contributed by atoms with Gasteiger partial charge in [0.2, 0.25) is 5.91 Å². The standard InChI is InChI=1S/C26H27FN2O6S/c1-3-33-22-10-4-19(5-11-22)18(2)28-26(30)17-29(21-8-6-20(27)7-9-21)36(31,32)23-12-13-24-25(16-23)35-15-14-34-24/h4-13,16,18H,3,14-15,17H2,1-2H3,(H,28,30)/t18-/m1/s1. The zero-order valence-electron chi connectivity index (χ0n) is 19.9. The SMILES string of the molecule is CCOc1ccc([C@@H](C)NC(=O)CN(c2ccc(F)cc2)S(=O)(=O)c2ccc3c(c2)OCCO3)cc1. The first kappa shape index (κ1) is 25.3. The summed E-state index contributed by atoms with van der Waals surface area (Å²) in [6, 6.07) is 16.1. The highest BCUT2D eigenvalue weighted by molar-refractivity contribution is 7.92. The van der Waals surface area contributed by atoms with Crippen LogP contribution in [0.4, 0.5) is 10.1 Å². The Hall–Kier alpha value is -3.79. The van der Waals surface area contributed by atoms with Crippen LogP contribution in [0.2, 0.25) is 0 Å². The highest BCUT2D eigenvalue weighted by Crippen LogP contribution is 2.34. The molecule has 3 aromatic carbocycles. The van der Waals surface area contributed by atoms with Gasteiger partial charge in [0, 0.05) is 6.07 Å². The second-order valence-corrected chi connectivity index (χ2v) is 9.95. The van der Waals surface area contributed by atoms with Gasteiger partial charge in [-0.15, -0.1) is 0 Å². The fourth-order valence-corrected chi connectivity index (χ4v) is 5.19. The van der Waals surface area contributed by atoms with Crippen molar-refractivity contribution in [3.63, 3.8) is 0 Å². The zero-order chi connectivity index (χ0) is 25.7. The van der Waals surface area contributed by atoms with Crippen LogP contribution in [-0.4, -0.2) is 40.7 Å². The van der Waals surface area contributed by atoms with E-state index >= 15 is 0 Å². The Kier molecular flexibility index (Phi) is 7.64. The van der Waals surface area contributed by atoms with Crippen LogP contribution in [0.5, 0.6) is 17.2 Å². The Balaban J connectivity index is 1.58. The molecule has 0 aromatic heterocycles. The maximum Gasteiger partial charge on any atom is 0.264 e. The van der Waals surface area contributed by atoms with Crippen molar-refractivity contribution in [2.45, 2.75) is 24.8 Å². The summed E-state index contributed by atoms with van der Waals surface area (Å²) in [6.45, 7) is 4.39. The van der Waals surface area contributed by atoms with E-state index in [9.17, 15) is 17.6 Å². The molecule has 1 amide bonds. The number of fused-ring (bicyclic) bond motifs is 1. The first-order valence-corrected chi connectivity index (χ1v) is 12.9. The van der Waals surface area contributed by atoms with Gasteiger partial charge in [-0.2, -0.15) is 0 Å². The molecule has 0 bridgehead atoms. The maximum absolute atomic E-state index is 13.6. The van der Waals surface area contributed by atoms with E-state index < -0.39 is 28.3 Å². The highest BCUT2D eigenvalue weighted by atomic mass is 32.2. The van der Waals surface area contributed by atoms with Crippen LogP contribution < -0.4 is 23.8 Å². The summed E-state index contributed by atoms with van der Waals surface area (Å²) in [4.78, 5) is 12.9. The van der Waals surface area contributed by atoms with E-state index in [0.717, 1.165) is 22.0 Å². The van der Waals surface area contributed by atoms with Gasteiger partial charge in [0.05, 0.1) is 23.2 Å². The summed E-state index contributed by atoms with van der Waals surface area (Å²) in [5.41, 5.74) is 0.977. The summed E-state index contributed by atoms with van der Waals surface area (Å²) >= 11 is 0. The van der Waals surface area contributed by atoms with Crippen molar-refractivity contribution >= 4 is 21.6 Å². The molecular formula is C26H27FN2O6S. The minimum absolute atomic E-state index is 0.0802. The smallest absolute Gasteiger partial charge is 0.264 e. The third-order valence-corrected chi connectivity index (χ3v) is 7.34. The molecule has 3 aromatic rings. The highest BCUT2D eigenvalue weighted by Gasteiger charge is 2.29. The van der Waals surface area contributed by atoms with Crippen LogP contribution in [0, 0.1) is 5.82 Å². The van der Waals surface area contributed by atoms with Crippen LogP contribution in [0.25, 0.3) is 0 Å². The molecule has 0 unspecified atom stereocenters. The molecule has 4 rings (SSSR count). The number of anilines is 1. The molecule has 1 N–H and O–H groups in total. The first-order valence-electron chi connectivity index (χ1n) is 11.5. The molecule has 1 heterocycles. The van der Waals surface area contributed by atoms with Gasteiger partial charge in [-0.1, -0.05) is 12.1 Å². The lowest BCUT2D eigenvalue weighted by atomic mass is 10.1. The number of rotatable bonds is 9. The number of hydrogen-bond acceptors (Lipinski definition) is 6. The molecule has 0 spiro atoms. The number of halogens is 1. The molecule has 1 atom stereocenters. The zero-order valence-corrected chi connectivity index (χ0v) is 20.8. The van der Waals surface area contributed by atoms with Gasteiger partial charge in [0.1, 0.15) is 31.3 Å². The minimum Gasteiger partial charge on any atom is -0.494 e. The molecule has 1 aliphatic rings. The van der Waals surface area contributed by atoms with Crippen LogP contribution >= 0.6 is 0 Å². The Morgan fingerprint density at radius 3 is 2.36 bits per heavy atom. The van der Waals surface area contributed by atoms with Gasteiger partial charge in [-0.05, 0) is 67.9 Å². The van der Waals surface area contributed by atoms with Crippen molar-refractivity contribution in [1.82, 2.24) is 5.32 Å². The summed E-state index contributed by atoms with van der Waals surface area (Å²) in [6.07, 6.45) is 0. The average molecular weight is 515 g/mol. The molecule has 0 saturated heterocycles. The summed E-state index contributed by atoms with van der Waals surface area (Å²) in [5.74, 6) is 0.407. The predicted octanol–water partition coefficient (Wildman–Crippen LogP) is 4.07. The molecule has 8 nitrogen and oxygen atoms in total. The van der Waals surface area contributed by atoms with Gasteiger partial charge in [0.25, 0.3) is 10.0 Å². The monoisotopic (exact) mass is 514 g/mol. The second kappa shape index (κ2) is 10.9. The van der Waals surface area contributed by atoms with Crippen LogP contribution in [0.1, 0.15) is 25.5 Å². The fraction of sp³-hybridized carbons (Fsp3) is 0.269. The van der Waals surface area contributed by atoms with E-state index in [0.29, 0.717) is 37.1 Å². The number of benzene rings is 3. The lowest BCUT2D eigenvalue weighted by Gasteiger charge is -2.26. The Morgan fingerprint density at radius 1 is 1.03 bits per heavy atom. The molecule has 0 aliphatic carbocycles. The first-order chi connectivity index (χ1) is 17.3. The number of ether oxygens (including phenoxy) is 3. The van der Waals surface area contributed by atoms with Gasteiger partial charge in [0.15, 0.2) is 11.5 Å². The molecule has 190 valence electrons. The average Bonchev–Trinajstić information content (AvgIpc) is 2.88. The topological polar surface area (TPSA) is 94.2 Å². The second-order valence-electron chi connectivity index (χ2n) is 8.08. The van der Waals surface area contributed by atoms with Gasteiger partial charge < -0.3 is 19.5 Å². The summed E-state index contributed by atoms with van der Waals surface area (Å²) in [5, 5.41) is 2.83. The third-order valence-electron chi connectivity index (χ3n) is 5.57. The van der Waals surface area contributed by atoms with Gasteiger partial charge in [-0.25, -0.2) is 12.8 Å². The quantitative estimate of drug-likeness (QED) is 0.463. The lowest BCUT2D eigenvalue weighted by molar-refractivity contribution is -0.120. The molecule has 0 fully saturated rings. The van der Waals surface area contributed by atoms with Crippen molar-refractivity contribution < 1.29 is 31.8 Å². The number of amides is 1. The number of nitrogens with zero attached hydrogens (tertiary/aromatic N) is 1. The molecular weight excluding hydrogens is 487 g/mol. The normalized spacial score (nSPS) is 13.5. The molecule has 0 radical (unpaired) electrons. The molecule has 1 aliphatic heterocycles. The van der Waals surface area contributed by atoms with Crippen molar-refractivity contribution in [2.24, 2.45) is 0 Å². The largest absolute Gasteiger partial charge is 0.494 e. The lowest BCUT2D eigenvalue weighted by Crippen LogP contribution is -2.41. The van der Waals surface area contributed by atoms with Crippen molar-refractivity contribution in [3.8, 4) is 17.2 Å². The van der Waals surface area contributed by atoms with Crippen LogP contribution in [-0.2, 0) is 14.8 Å². The Bertz CT molecular complexity index is 1310. The maximum atomic E-state index is 13.6. The van der Waals surface area contributed by atoms with Crippen LogP contribution in [0.3, 0.4) is 0 Å². The molecule has 0 saturated carbocycles. The van der Waals surface area contributed by atoms with E-state index in [2.05, 4.69) is 5.32 Å². The Morgan fingerprint density at radius 2 is 1.69 bits per heavy atom. The summed E-state index contributed by atoms with van der Waals surface area (Å²) in [7, 11) is -4.21. The van der Waals surface area contributed by atoms with Crippen molar-refractivity contribution in [2.75, 3.05) is 30.7 Å². The van der Waals surface area contributed by atoms with Crippen LogP contribution in [0.15, 0.2) is 71.6 Å². The number of nitrogens with one attached hydrogen (secondary N) is 1. The van der Waals surface area contributed by atoms with Gasteiger partial charge in [-0.3, -0.25) is 9.10 Å². The number of carbonyl (C=O) groups is 1. The van der Waals surface area contributed by atoms with Gasteiger partial charge >= 0.3 is 0 Å². The molecule has 10 heteroatoms.